The van der Waals surface area contributed by atoms with Crippen molar-refractivity contribution in [2.24, 2.45) is 0 Å². The van der Waals surface area contributed by atoms with E-state index in [-0.39, 0.29) is 43.1 Å². The molecule has 0 spiro atoms. The third-order valence-corrected chi connectivity index (χ3v) is 7.84. The van der Waals surface area contributed by atoms with Gasteiger partial charge in [0, 0.05) is 36.9 Å². The molecule has 2 saturated heterocycles. The lowest BCUT2D eigenvalue weighted by molar-refractivity contribution is -0.134. The Morgan fingerprint density at radius 1 is 1.05 bits per heavy atom. The molecule has 3 heterocycles. The molecule has 3 aromatic rings. The molecule has 0 aromatic heterocycles. The highest BCUT2D eigenvalue weighted by Gasteiger charge is 2.40. The van der Waals surface area contributed by atoms with Crippen LogP contribution in [-0.4, -0.2) is 66.7 Å². The van der Waals surface area contributed by atoms with Crippen LogP contribution in [0.4, 0.5) is 10.1 Å². The van der Waals surface area contributed by atoms with E-state index in [9.17, 15) is 19.5 Å². The molecular weight excluding hydrogens is 489 g/mol. The van der Waals surface area contributed by atoms with Crippen LogP contribution in [0.3, 0.4) is 0 Å². The minimum absolute atomic E-state index is 0.106. The maximum atomic E-state index is 15.4. The van der Waals surface area contributed by atoms with Crippen LogP contribution in [0.15, 0.2) is 48.5 Å². The number of amides is 3. The van der Waals surface area contributed by atoms with Crippen molar-refractivity contribution >= 4 is 34.2 Å². The number of carbonyl (C=O) groups excluding carboxylic acids is 3. The van der Waals surface area contributed by atoms with Crippen LogP contribution in [0, 0.1) is 5.82 Å². The van der Waals surface area contributed by atoms with E-state index in [0.717, 1.165) is 21.9 Å². The molecule has 0 saturated carbocycles. The van der Waals surface area contributed by atoms with Gasteiger partial charge < -0.3 is 9.84 Å². The smallest absolute Gasteiger partial charge is 0.259 e. The van der Waals surface area contributed by atoms with Crippen LogP contribution in [0.25, 0.3) is 10.8 Å². The number of morpholine rings is 1. The van der Waals surface area contributed by atoms with E-state index in [1.165, 1.54) is 11.0 Å². The van der Waals surface area contributed by atoms with Crippen molar-refractivity contribution in [3.8, 4) is 0 Å². The number of ether oxygens (including phenoxy) is 1. The van der Waals surface area contributed by atoms with Gasteiger partial charge in [-0.3, -0.25) is 29.5 Å². The molecule has 196 valence electrons. The molecular formula is C29H28FN3O5. The number of hydrogen-bond donors (Lipinski definition) is 2. The van der Waals surface area contributed by atoms with E-state index < -0.39 is 11.9 Å². The lowest BCUT2D eigenvalue weighted by atomic mass is 9.94. The molecule has 3 aliphatic heterocycles. The van der Waals surface area contributed by atoms with Crippen LogP contribution in [-0.2, 0) is 20.7 Å². The number of aliphatic hydroxyl groups is 1. The van der Waals surface area contributed by atoms with Crippen LogP contribution in [0.1, 0.15) is 45.9 Å². The van der Waals surface area contributed by atoms with Gasteiger partial charge in [-0.05, 0) is 46.7 Å². The fraction of sp³-hybridized carbons (Fsp3) is 0.345. The summed E-state index contributed by atoms with van der Waals surface area (Å²) in [5.74, 6) is -1.43. The van der Waals surface area contributed by atoms with Crippen molar-refractivity contribution in [2.75, 3.05) is 37.8 Å². The third kappa shape index (κ3) is 4.16. The first kappa shape index (κ1) is 24.7. The van der Waals surface area contributed by atoms with Gasteiger partial charge in [0.05, 0.1) is 31.5 Å². The summed E-state index contributed by atoms with van der Waals surface area (Å²) >= 11 is 0. The SMILES string of the molecule is O=C1CC[C@H](N2C(=O)c3cccc4c(Cc5ccc([C@H](CO)N6CCOCC6)cc5F)ccc2c34)C(=O)N1. The highest BCUT2D eigenvalue weighted by atomic mass is 19.1. The van der Waals surface area contributed by atoms with Crippen LogP contribution in [0.2, 0.25) is 0 Å². The Morgan fingerprint density at radius 3 is 2.58 bits per heavy atom. The molecule has 8 nitrogen and oxygen atoms in total. The second kappa shape index (κ2) is 9.90. The van der Waals surface area contributed by atoms with Crippen LogP contribution < -0.4 is 10.2 Å². The van der Waals surface area contributed by atoms with Gasteiger partial charge in [0.1, 0.15) is 11.9 Å². The average Bonchev–Trinajstić information content (AvgIpc) is 3.20. The zero-order valence-corrected chi connectivity index (χ0v) is 20.8. The number of piperidine rings is 1. The summed E-state index contributed by atoms with van der Waals surface area (Å²) in [6.07, 6.45) is 0.764. The van der Waals surface area contributed by atoms with Gasteiger partial charge in [-0.1, -0.05) is 30.3 Å². The topological polar surface area (TPSA) is 99.2 Å². The predicted octanol–water partition coefficient (Wildman–Crippen LogP) is 2.70. The van der Waals surface area contributed by atoms with Crippen molar-refractivity contribution in [1.82, 2.24) is 10.2 Å². The number of halogens is 1. The van der Waals surface area contributed by atoms with E-state index in [4.69, 9.17) is 4.74 Å². The summed E-state index contributed by atoms with van der Waals surface area (Å²) in [6, 6.07) is 13.2. The Bertz CT molecular complexity index is 1450. The molecule has 3 aromatic carbocycles. The van der Waals surface area contributed by atoms with Gasteiger partial charge in [-0.2, -0.15) is 0 Å². The zero-order valence-electron chi connectivity index (χ0n) is 20.8. The fourth-order valence-corrected chi connectivity index (χ4v) is 5.90. The number of anilines is 1. The number of nitrogens with zero attached hydrogens (tertiary/aromatic N) is 2. The number of nitrogens with one attached hydrogen (secondary N) is 1. The lowest BCUT2D eigenvalue weighted by Crippen LogP contribution is -2.53. The zero-order chi connectivity index (χ0) is 26.4. The molecule has 3 amide bonds. The van der Waals surface area contributed by atoms with Gasteiger partial charge in [-0.15, -0.1) is 0 Å². The number of benzene rings is 3. The monoisotopic (exact) mass is 517 g/mol. The summed E-state index contributed by atoms with van der Waals surface area (Å²) in [6.45, 7) is 2.44. The highest BCUT2D eigenvalue weighted by molar-refractivity contribution is 6.27. The average molecular weight is 518 g/mol. The molecule has 2 fully saturated rings. The second-order valence-corrected chi connectivity index (χ2v) is 9.99. The first-order chi connectivity index (χ1) is 18.5. The van der Waals surface area contributed by atoms with Gasteiger partial charge in [-0.25, -0.2) is 4.39 Å². The summed E-state index contributed by atoms with van der Waals surface area (Å²) < 4.78 is 20.8. The first-order valence-corrected chi connectivity index (χ1v) is 12.9. The summed E-state index contributed by atoms with van der Waals surface area (Å²) in [5.41, 5.74) is 3.23. The predicted molar refractivity (Wildman–Crippen MR) is 138 cm³/mol. The quantitative estimate of drug-likeness (QED) is 0.488. The highest BCUT2D eigenvalue weighted by Crippen LogP contribution is 2.41. The van der Waals surface area contributed by atoms with Crippen molar-refractivity contribution in [2.45, 2.75) is 31.3 Å². The van der Waals surface area contributed by atoms with Crippen LogP contribution >= 0.6 is 0 Å². The standard InChI is InChI=1S/C29H28FN3O5/c30-22-15-19(25(16-34)32-10-12-38-13-11-32)5-4-18(22)14-17-6-7-23-27-20(17)2-1-3-21(27)29(37)33(23)24-8-9-26(35)31-28(24)36/h1-7,15,24-25,34H,8-14,16H2,(H,31,35,36)/t24-,25-/m0/s1. The molecule has 9 heteroatoms. The number of rotatable bonds is 6. The number of hydrogen-bond acceptors (Lipinski definition) is 6. The van der Waals surface area contributed by atoms with Crippen molar-refractivity contribution < 1.29 is 28.6 Å². The number of imide groups is 1. The van der Waals surface area contributed by atoms with Gasteiger partial charge >= 0.3 is 0 Å². The summed E-state index contributed by atoms with van der Waals surface area (Å²) in [4.78, 5) is 41.1. The van der Waals surface area contributed by atoms with Gasteiger partial charge in [0.25, 0.3) is 5.91 Å². The van der Waals surface area contributed by atoms with E-state index in [1.54, 1.807) is 18.2 Å². The molecule has 0 bridgehead atoms. The normalized spacial score (nSPS) is 20.7. The lowest BCUT2D eigenvalue weighted by Gasteiger charge is -2.33. The molecule has 38 heavy (non-hydrogen) atoms. The Morgan fingerprint density at radius 2 is 1.84 bits per heavy atom. The van der Waals surface area contributed by atoms with Crippen molar-refractivity contribution in [3.63, 3.8) is 0 Å². The first-order valence-electron chi connectivity index (χ1n) is 12.9. The minimum atomic E-state index is -0.752. The third-order valence-electron chi connectivity index (χ3n) is 7.84. The summed E-state index contributed by atoms with van der Waals surface area (Å²) in [7, 11) is 0. The maximum Gasteiger partial charge on any atom is 0.259 e. The Labute approximate surface area is 219 Å². The molecule has 2 N–H and O–H groups in total. The Hall–Kier alpha value is -3.66. The Kier molecular flexibility index (Phi) is 6.43. The number of carbonyl (C=O) groups is 3. The maximum absolute atomic E-state index is 15.4. The second-order valence-electron chi connectivity index (χ2n) is 9.99. The van der Waals surface area contributed by atoms with Gasteiger partial charge in [0.15, 0.2) is 0 Å². The molecule has 2 atom stereocenters. The minimum Gasteiger partial charge on any atom is -0.394 e. The summed E-state index contributed by atoms with van der Waals surface area (Å²) in [5, 5.41) is 13.9. The largest absolute Gasteiger partial charge is 0.394 e. The van der Waals surface area contributed by atoms with E-state index in [1.807, 2.05) is 24.3 Å². The molecule has 0 unspecified atom stereocenters. The van der Waals surface area contributed by atoms with Crippen LogP contribution in [0.5, 0.6) is 0 Å². The fourth-order valence-electron chi connectivity index (χ4n) is 5.90. The Balaban J connectivity index is 1.31. The molecule has 6 rings (SSSR count). The van der Waals surface area contributed by atoms with E-state index in [2.05, 4.69) is 10.2 Å². The van der Waals surface area contributed by atoms with E-state index >= 15 is 4.39 Å². The number of aliphatic hydroxyl groups excluding tert-OH is 1. The molecule has 0 aliphatic carbocycles. The van der Waals surface area contributed by atoms with Crippen molar-refractivity contribution in [1.29, 1.82) is 0 Å². The molecule has 0 radical (unpaired) electrons. The van der Waals surface area contributed by atoms with Crippen molar-refractivity contribution in [3.05, 3.63) is 76.6 Å². The van der Waals surface area contributed by atoms with Gasteiger partial charge in [0.2, 0.25) is 11.8 Å². The van der Waals surface area contributed by atoms with E-state index in [0.29, 0.717) is 49.5 Å². The molecule has 3 aliphatic rings.